The summed E-state index contributed by atoms with van der Waals surface area (Å²) in [4.78, 5) is 19.0. The molecule has 3 N–H and O–H groups in total. The third-order valence-corrected chi connectivity index (χ3v) is 4.74. The predicted octanol–water partition coefficient (Wildman–Crippen LogP) is 1.81. The smallest absolute Gasteiger partial charge is 0.311 e. The van der Waals surface area contributed by atoms with Gasteiger partial charge in [-0.3, -0.25) is 10.1 Å². The first kappa shape index (κ1) is 18.5. The van der Waals surface area contributed by atoms with E-state index >= 15 is 0 Å². The summed E-state index contributed by atoms with van der Waals surface area (Å²) in [5.41, 5.74) is 1.07. The van der Waals surface area contributed by atoms with Gasteiger partial charge in [-0.15, -0.1) is 0 Å². The number of fused-ring (bicyclic) bond motifs is 1. The van der Waals surface area contributed by atoms with Crippen LogP contribution < -0.4 is 15.2 Å². The zero-order chi connectivity index (χ0) is 19.6. The van der Waals surface area contributed by atoms with Crippen LogP contribution in [0.1, 0.15) is 5.56 Å². The van der Waals surface area contributed by atoms with Gasteiger partial charge >= 0.3 is 5.69 Å². The molecule has 0 saturated heterocycles. The van der Waals surface area contributed by atoms with Crippen molar-refractivity contribution in [3.05, 3.63) is 58.3 Å². The fourth-order valence-electron chi connectivity index (χ4n) is 2.47. The van der Waals surface area contributed by atoms with Crippen LogP contribution >= 0.6 is 0 Å². The zero-order valence-corrected chi connectivity index (χ0v) is 14.9. The van der Waals surface area contributed by atoms with E-state index in [1.165, 1.54) is 19.2 Å². The molecule has 0 aliphatic heterocycles. The van der Waals surface area contributed by atoms with Crippen molar-refractivity contribution in [1.82, 2.24) is 9.97 Å². The number of rotatable bonds is 6. The van der Waals surface area contributed by atoms with Crippen molar-refractivity contribution in [3.8, 4) is 5.88 Å². The molecule has 1 aromatic carbocycles. The Labute approximate surface area is 154 Å². The molecule has 0 fully saturated rings. The molecule has 2 aromatic heterocycles. The number of pyridine rings is 2. The number of methoxy groups -OCH3 is 1. The number of anilines is 1. The molecule has 0 atom stereocenters. The number of benzene rings is 1. The number of nitrogens with zero attached hydrogens (tertiary/aromatic N) is 3. The first-order chi connectivity index (χ1) is 12.8. The van der Waals surface area contributed by atoms with E-state index in [0.717, 1.165) is 6.20 Å². The highest BCUT2D eigenvalue weighted by Crippen LogP contribution is 2.32. The molecule has 0 aliphatic rings. The number of nitro groups is 1. The Kier molecular flexibility index (Phi) is 4.88. The van der Waals surface area contributed by atoms with Gasteiger partial charge in [0.1, 0.15) is 11.9 Å². The van der Waals surface area contributed by atoms with Crippen LogP contribution in [0.15, 0.2) is 47.5 Å². The molecule has 27 heavy (non-hydrogen) atoms. The van der Waals surface area contributed by atoms with Crippen LogP contribution in [0.25, 0.3) is 11.0 Å². The minimum absolute atomic E-state index is 0.0112. The molecule has 0 saturated carbocycles. The summed E-state index contributed by atoms with van der Waals surface area (Å²) in [6.45, 7) is 0.219. The van der Waals surface area contributed by atoms with Crippen molar-refractivity contribution >= 4 is 32.4 Å². The third-order valence-electron chi connectivity index (χ3n) is 3.81. The van der Waals surface area contributed by atoms with Gasteiger partial charge in [-0.2, -0.15) is 4.98 Å². The Morgan fingerprint density at radius 1 is 1.22 bits per heavy atom. The minimum atomic E-state index is -3.78. The van der Waals surface area contributed by atoms with Gasteiger partial charge in [0.05, 0.1) is 16.9 Å². The van der Waals surface area contributed by atoms with Crippen LogP contribution in [0.4, 0.5) is 11.4 Å². The fourth-order valence-corrected chi connectivity index (χ4v) is 2.99. The van der Waals surface area contributed by atoms with Gasteiger partial charge < -0.3 is 10.1 Å². The first-order valence-corrected chi connectivity index (χ1v) is 9.18. The number of primary sulfonamides is 1. The lowest BCUT2D eigenvalue weighted by Gasteiger charge is -2.11. The lowest BCUT2D eigenvalue weighted by molar-refractivity contribution is -0.384. The second-order valence-electron chi connectivity index (χ2n) is 5.54. The fraction of sp³-hybridized carbons (Fsp3) is 0.125. The summed E-state index contributed by atoms with van der Waals surface area (Å²) in [7, 11) is -2.32. The third kappa shape index (κ3) is 3.93. The maximum Gasteiger partial charge on any atom is 0.311 e. The van der Waals surface area contributed by atoms with Gasteiger partial charge in [0.25, 0.3) is 0 Å². The Balaban J connectivity index is 1.95. The molecule has 0 amide bonds. The van der Waals surface area contributed by atoms with E-state index in [0.29, 0.717) is 22.5 Å². The Morgan fingerprint density at radius 2 is 1.93 bits per heavy atom. The van der Waals surface area contributed by atoms with Crippen LogP contribution in [0.3, 0.4) is 0 Å². The molecule has 3 rings (SSSR count). The van der Waals surface area contributed by atoms with Gasteiger partial charge in [-0.1, -0.05) is 12.1 Å². The Bertz CT molecular complexity index is 1120. The maximum atomic E-state index is 11.4. The summed E-state index contributed by atoms with van der Waals surface area (Å²) < 4.78 is 27.7. The molecule has 2 heterocycles. The van der Waals surface area contributed by atoms with E-state index in [2.05, 4.69) is 15.3 Å². The number of hydrogen-bond donors (Lipinski definition) is 2. The van der Waals surface area contributed by atoms with Crippen LogP contribution in [0.5, 0.6) is 5.88 Å². The zero-order valence-electron chi connectivity index (χ0n) is 14.1. The molecule has 0 radical (unpaired) electrons. The van der Waals surface area contributed by atoms with Crippen LogP contribution in [-0.4, -0.2) is 30.4 Å². The lowest BCUT2D eigenvalue weighted by Crippen LogP contribution is -2.12. The molecular weight excluding hydrogens is 374 g/mol. The molecule has 140 valence electrons. The average Bonchev–Trinajstić information content (AvgIpc) is 2.64. The molecule has 0 unspecified atom stereocenters. The molecule has 11 heteroatoms. The number of ether oxygens (including phenoxy) is 1. The van der Waals surface area contributed by atoms with Gasteiger partial charge in [0.15, 0.2) is 5.65 Å². The van der Waals surface area contributed by atoms with E-state index in [9.17, 15) is 18.5 Å². The predicted molar refractivity (Wildman–Crippen MR) is 97.9 cm³/mol. The first-order valence-electron chi connectivity index (χ1n) is 7.63. The Morgan fingerprint density at radius 3 is 2.52 bits per heavy atom. The molecular formula is C16H15N5O5S. The number of nitrogens with one attached hydrogen (secondary N) is 1. The highest BCUT2D eigenvalue weighted by Gasteiger charge is 2.19. The molecule has 0 spiro atoms. The van der Waals surface area contributed by atoms with Crippen molar-refractivity contribution < 1.29 is 18.1 Å². The van der Waals surface area contributed by atoms with E-state index in [-0.39, 0.29) is 22.8 Å². The van der Waals surface area contributed by atoms with Crippen molar-refractivity contribution in [2.75, 3.05) is 12.4 Å². The second-order valence-corrected chi connectivity index (χ2v) is 7.10. The monoisotopic (exact) mass is 389 g/mol. The largest absolute Gasteiger partial charge is 0.481 e. The molecule has 0 aliphatic carbocycles. The Hall–Kier alpha value is -3.31. The molecule has 0 bridgehead atoms. The average molecular weight is 389 g/mol. The summed E-state index contributed by atoms with van der Waals surface area (Å²) in [6.07, 6.45) is 1.13. The van der Waals surface area contributed by atoms with Gasteiger partial charge in [0.2, 0.25) is 15.9 Å². The van der Waals surface area contributed by atoms with Crippen molar-refractivity contribution in [2.24, 2.45) is 5.14 Å². The molecule has 3 aromatic rings. The number of aromatic nitrogens is 2. The number of sulfonamides is 1. The second kappa shape index (κ2) is 7.13. The van der Waals surface area contributed by atoms with Gasteiger partial charge in [0, 0.05) is 18.0 Å². The number of hydrogen-bond acceptors (Lipinski definition) is 8. The molecule has 10 nitrogen and oxygen atoms in total. The lowest BCUT2D eigenvalue weighted by atomic mass is 10.2. The summed E-state index contributed by atoms with van der Waals surface area (Å²) in [5.74, 6) is 0.341. The maximum absolute atomic E-state index is 11.4. The van der Waals surface area contributed by atoms with Crippen LogP contribution in [-0.2, 0) is 16.6 Å². The quantitative estimate of drug-likeness (QED) is 0.478. The van der Waals surface area contributed by atoms with E-state index in [1.54, 1.807) is 24.3 Å². The number of nitrogens with two attached hydrogens (primary N) is 1. The van der Waals surface area contributed by atoms with E-state index in [1.807, 2.05) is 0 Å². The van der Waals surface area contributed by atoms with Gasteiger partial charge in [-0.25, -0.2) is 18.5 Å². The highest BCUT2D eigenvalue weighted by atomic mass is 32.2. The SMILES string of the molecule is COc1ccc2c(NCc3ccc(S(N)(=O)=O)cc3)c([N+](=O)[O-])cnc2n1. The van der Waals surface area contributed by atoms with Crippen molar-refractivity contribution in [1.29, 1.82) is 0 Å². The van der Waals surface area contributed by atoms with Crippen molar-refractivity contribution in [2.45, 2.75) is 11.4 Å². The highest BCUT2D eigenvalue weighted by molar-refractivity contribution is 7.89. The summed E-state index contributed by atoms with van der Waals surface area (Å²) in [5, 5.41) is 19.9. The van der Waals surface area contributed by atoms with Crippen LogP contribution in [0, 0.1) is 10.1 Å². The minimum Gasteiger partial charge on any atom is -0.481 e. The van der Waals surface area contributed by atoms with E-state index < -0.39 is 14.9 Å². The van der Waals surface area contributed by atoms with E-state index in [4.69, 9.17) is 9.88 Å². The summed E-state index contributed by atoms with van der Waals surface area (Å²) in [6, 6.07) is 9.11. The van der Waals surface area contributed by atoms with Crippen molar-refractivity contribution in [3.63, 3.8) is 0 Å². The normalized spacial score (nSPS) is 11.3. The topological polar surface area (TPSA) is 150 Å². The summed E-state index contributed by atoms with van der Waals surface area (Å²) >= 11 is 0. The van der Waals surface area contributed by atoms with Crippen LogP contribution in [0.2, 0.25) is 0 Å². The van der Waals surface area contributed by atoms with Gasteiger partial charge in [-0.05, 0) is 23.8 Å². The standard InChI is InChI=1S/C16H15N5O5S/c1-26-14-7-6-12-15(13(21(22)23)9-19-16(12)20-14)18-8-10-2-4-11(5-3-10)27(17,24)25/h2-7,9H,8H2,1H3,(H2,17,24,25)(H,18,19,20).